The number of halogens is 1. The van der Waals surface area contributed by atoms with Crippen molar-refractivity contribution in [3.8, 4) is 5.75 Å². The lowest BCUT2D eigenvalue weighted by Gasteiger charge is -2.34. The molecule has 0 saturated heterocycles. The van der Waals surface area contributed by atoms with E-state index in [2.05, 4.69) is 5.32 Å². The Morgan fingerprint density at radius 1 is 1.32 bits per heavy atom. The topological polar surface area (TPSA) is 75.6 Å². The summed E-state index contributed by atoms with van der Waals surface area (Å²) in [6, 6.07) is 3.93. The standard InChI is InChI=1S/C16H20FNO4/c1-22-13-6-5-12(17)9-11(13)10-14(19)18-16(15(20)21)7-3-2-4-8-16/h5-6,9H,2-4,7-8,10H2,1H3,(H,18,19)(H,20,21). The molecule has 2 rings (SSSR count). The molecule has 0 aliphatic heterocycles. The first-order valence-electron chi connectivity index (χ1n) is 7.34. The summed E-state index contributed by atoms with van der Waals surface area (Å²) >= 11 is 0. The van der Waals surface area contributed by atoms with Crippen molar-refractivity contribution < 1.29 is 23.8 Å². The normalized spacial score (nSPS) is 16.8. The molecule has 0 spiro atoms. The van der Waals surface area contributed by atoms with Crippen LogP contribution in [0.1, 0.15) is 37.7 Å². The van der Waals surface area contributed by atoms with Crippen LogP contribution in [-0.2, 0) is 16.0 Å². The number of nitrogens with one attached hydrogen (secondary N) is 1. The number of hydrogen-bond acceptors (Lipinski definition) is 3. The quantitative estimate of drug-likeness (QED) is 0.875. The van der Waals surface area contributed by atoms with Gasteiger partial charge in [0.25, 0.3) is 0 Å². The predicted molar refractivity (Wildman–Crippen MR) is 78.3 cm³/mol. The molecule has 0 atom stereocenters. The minimum absolute atomic E-state index is 0.115. The lowest BCUT2D eigenvalue weighted by atomic mass is 9.81. The van der Waals surface area contributed by atoms with Crippen LogP contribution in [0.4, 0.5) is 4.39 Å². The number of methoxy groups -OCH3 is 1. The molecule has 5 nitrogen and oxygen atoms in total. The fourth-order valence-electron chi connectivity index (χ4n) is 2.92. The summed E-state index contributed by atoms with van der Waals surface area (Å²) in [5.74, 6) is -1.50. The molecule has 120 valence electrons. The highest BCUT2D eigenvalue weighted by atomic mass is 19.1. The van der Waals surface area contributed by atoms with Gasteiger partial charge in [-0.3, -0.25) is 4.79 Å². The third-order valence-electron chi connectivity index (χ3n) is 4.09. The number of rotatable bonds is 5. The van der Waals surface area contributed by atoms with Gasteiger partial charge in [0, 0.05) is 5.56 Å². The van der Waals surface area contributed by atoms with Crippen molar-refractivity contribution in [2.45, 2.75) is 44.1 Å². The molecule has 1 aromatic carbocycles. The van der Waals surface area contributed by atoms with E-state index in [1.54, 1.807) is 0 Å². The Kier molecular flexibility index (Phi) is 5.00. The van der Waals surface area contributed by atoms with Crippen molar-refractivity contribution in [2.24, 2.45) is 0 Å². The second-order valence-corrected chi connectivity index (χ2v) is 5.63. The fourth-order valence-corrected chi connectivity index (χ4v) is 2.92. The molecule has 0 heterocycles. The molecule has 0 bridgehead atoms. The lowest BCUT2D eigenvalue weighted by molar-refractivity contribution is -0.149. The molecule has 2 N–H and O–H groups in total. The summed E-state index contributed by atoms with van der Waals surface area (Å²) < 4.78 is 18.4. The van der Waals surface area contributed by atoms with Crippen molar-refractivity contribution in [2.75, 3.05) is 7.11 Å². The molecule has 0 aromatic heterocycles. The monoisotopic (exact) mass is 309 g/mol. The number of carboxylic acids is 1. The van der Waals surface area contributed by atoms with Gasteiger partial charge in [0.15, 0.2) is 0 Å². The largest absolute Gasteiger partial charge is 0.496 e. The highest BCUT2D eigenvalue weighted by Crippen LogP contribution is 2.29. The van der Waals surface area contributed by atoms with Crippen LogP contribution in [0.15, 0.2) is 18.2 Å². The van der Waals surface area contributed by atoms with Crippen molar-refractivity contribution in [1.29, 1.82) is 0 Å². The van der Waals surface area contributed by atoms with Crippen LogP contribution in [0.25, 0.3) is 0 Å². The maximum Gasteiger partial charge on any atom is 0.329 e. The summed E-state index contributed by atoms with van der Waals surface area (Å²) in [6.45, 7) is 0. The maximum absolute atomic E-state index is 13.3. The van der Waals surface area contributed by atoms with E-state index in [0.717, 1.165) is 19.3 Å². The summed E-state index contributed by atoms with van der Waals surface area (Å²) in [7, 11) is 1.44. The molecule has 1 amide bonds. The Morgan fingerprint density at radius 2 is 2.00 bits per heavy atom. The lowest BCUT2D eigenvalue weighted by Crippen LogP contribution is -2.56. The van der Waals surface area contributed by atoms with Crippen LogP contribution in [0.5, 0.6) is 5.75 Å². The first kappa shape index (κ1) is 16.3. The molecule has 1 aliphatic rings. The van der Waals surface area contributed by atoms with E-state index in [-0.39, 0.29) is 6.42 Å². The van der Waals surface area contributed by atoms with E-state index < -0.39 is 23.2 Å². The van der Waals surface area contributed by atoms with E-state index >= 15 is 0 Å². The minimum atomic E-state index is -1.20. The zero-order valence-electron chi connectivity index (χ0n) is 12.5. The Labute approximate surface area is 128 Å². The summed E-state index contributed by atoms with van der Waals surface area (Å²) in [6.07, 6.45) is 3.26. The second kappa shape index (κ2) is 6.77. The Morgan fingerprint density at radius 3 is 2.59 bits per heavy atom. The number of ether oxygens (including phenoxy) is 1. The average molecular weight is 309 g/mol. The van der Waals surface area contributed by atoms with Gasteiger partial charge in [0.2, 0.25) is 5.91 Å². The van der Waals surface area contributed by atoms with Gasteiger partial charge in [0.05, 0.1) is 13.5 Å². The third kappa shape index (κ3) is 3.55. The maximum atomic E-state index is 13.3. The van der Waals surface area contributed by atoms with Gasteiger partial charge >= 0.3 is 5.97 Å². The van der Waals surface area contributed by atoms with E-state index in [9.17, 15) is 19.1 Å². The smallest absolute Gasteiger partial charge is 0.329 e. The van der Waals surface area contributed by atoms with Crippen LogP contribution in [0.3, 0.4) is 0 Å². The number of aliphatic carboxylic acids is 1. The number of benzene rings is 1. The minimum Gasteiger partial charge on any atom is -0.496 e. The SMILES string of the molecule is COc1ccc(F)cc1CC(=O)NC1(C(=O)O)CCCCC1. The zero-order valence-corrected chi connectivity index (χ0v) is 12.5. The molecule has 6 heteroatoms. The summed E-state index contributed by atoms with van der Waals surface area (Å²) in [5, 5.41) is 12.1. The molecule has 0 unspecified atom stereocenters. The number of carbonyl (C=O) groups is 2. The van der Waals surface area contributed by atoms with Crippen LogP contribution in [0, 0.1) is 5.82 Å². The van der Waals surface area contributed by atoms with Gasteiger partial charge in [-0.15, -0.1) is 0 Å². The van der Waals surface area contributed by atoms with Gasteiger partial charge < -0.3 is 15.2 Å². The van der Waals surface area contributed by atoms with Gasteiger partial charge in [-0.2, -0.15) is 0 Å². The van der Waals surface area contributed by atoms with Crippen LogP contribution < -0.4 is 10.1 Å². The van der Waals surface area contributed by atoms with Gasteiger partial charge in [-0.05, 0) is 31.0 Å². The first-order valence-corrected chi connectivity index (χ1v) is 7.34. The van der Waals surface area contributed by atoms with Crippen molar-refractivity contribution >= 4 is 11.9 Å². The first-order chi connectivity index (χ1) is 10.5. The van der Waals surface area contributed by atoms with E-state index in [1.165, 1.54) is 25.3 Å². The Hall–Kier alpha value is -2.11. The molecule has 1 saturated carbocycles. The number of hydrogen-bond donors (Lipinski definition) is 2. The predicted octanol–water partition coefficient (Wildman–Crippen LogP) is 2.28. The van der Waals surface area contributed by atoms with Crippen molar-refractivity contribution in [3.05, 3.63) is 29.6 Å². The van der Waals surface area contributed by atoms with E-state index in [1.807, 2.05) is 0 Å². The molecule has 0 radical (unpaired) electrons. The van der Waals surface area contributed by atoms with Crippen LogP contribution >= 0.6 is 0 Å². The van der Waals surface area contributed by atoms with Crippen LogP contribution in [-0.4, -0.2) is 29.6 Å². The number of carbonyl (C=O) groups excluding carboxylic acids is 1. The van der Waals surface area contributed by atoms with Gasteiger partial charge in [-0.25, -0.2) is 9.18 Å². The second-order valence-electron chi connectivity index (χ2n) is 5.63. The van der Waals surface area contributed by atoms with Gasteiger partial charge in [-0.1, -0.05) is 19.3 Å². The van der Waals surface area contributed by atoms with E-state index in [0.29, 0.717) is 24.2 Å². The molecule has 1 fully saturated rings. The van der Waals surface area contributed by atoms with Crippen molar-refractivity contribution in [1.82, 2.24) is 5.32 Å². The highest BCUT2D eigenvalue weighted by Gasteiger charge is 2.40. The van der Waals surface area contributed by atoms with Crippen molar-refractivity contribution in [3.63, 3.8) is 0 Å². The van der Waals surface area contributed by atoms with E-state index in [4.69, 9.17) is 4.74 Å². The number of amides is 1. The summed E-state index contributed by atoms with van der Waals surface area (Å²) in [5.41, 5.74) is -0.799. The molecular formula is C16H20FNO4. The Balaban J connectivity index is 2.12. The third-order valence-corrected chi connectivity index (χ3v) is 4.09. The molecular weight excluding hydrogens is 289 g/mol. The molecule has 22 heavy (non-hydrogen) atoms. The Bertz CT molecular complexity index is 567. The fraction of sp³-hybridized carbons (Fsp3) is 0.500. The zero-order chi connectivity index (χ0) is 16.2. The van der Waals surface area contributed by atoms with Crippen LogP contribution in [0.2, 0.25) is 0 Å². The van der Waals surface area contributed by atoms with Gasteiger partial charge in [0.1, 0.15) is 17.1 Å². The average Bonchev–Trinajstić information content (AvgIpc) is 2.48. The molecule has 1 aliphatic carbocycles. The highest BCUT2D eigenvalue weighted by molar-refractivity contribution is 5.88. The summed E-state index contributed by atoms with van der Waals surface area (Å²) in [4.78, 5) is 23.8. The number of carboxylic acid groups (broad SMARTS) is 1. The molecule has 1 aromatic rings.